The molecule has 0 unspecified atom stereocenters. The summed E-state index contributed by atoms with van der Waals surface area (Å²) >= 11 is 0. The number of carbonyl (C=O) groups excluding carboxylic acids is 1. The smallest absolute Gasteiger partial charge is 0.271 e. The summed E-state index contributed by atoms with van der Waals surface area (Å²) in [4.78, 5) is 20.6. The Morgan fingerprint density at radius 3 is 2.76 bits per heavy atom. The van der Waals surface area contributed by atoms with Crippen molar-refractivity contribution in [1.82, 2.24) is 25.0 Å². The number of nitrogens with zero attached hydrogens (tertiary/aromatic N) is 2. The van der Waals surface area contributed by atoms with Gasteiger partial charge in [-0.15, -0.1) is 0 Å². The Morgan fingerprint density at radius 1 is 1.24 bits per heavy atom. The van der Waals surface area contributed by atoms with Gasteiger partial charge in [-0.3, -0.25) is 4.79 Å². The second-order valence-electron chi connectivity index (χ2n) is 9.65. The fourth-order valence-electron chi connectivity index (χ4n) is 5.24. The molecule has 0 saturated carbocycles. The van der Waals surface area contributed by atoms with E-state index in [1.54, 1.807) is 6.20 Å². The van der Waals surface area contributed by atoms with Crippen LogP contribution < -0.4 is 10.6 Å². The molecule has 5 rings (SSSR count). The minimum atomic E-state index is -0.280. The van der Waals surface area contributed by atoms with E-state index in [9.17, 15) is 4.79 Å². The highest BCUT2D eigenvalue weighted by Crippen LogP contribution is 2.38. The van der Waals surface area contributed by atoms with Crippen LogP contribution in [0.25, 0.3) is 27.8 Å². The Bertz CT molecular complexity index is 1340. The summed E-state index contributed by atoms with van der Waals surface area (Å²) in [6.45, 7) is 8.80. The molecule has 178 valence electrons. The number of aromatic nitrogens is 3. The Morgan fingerprint density at radius 2 is 2.03 bits per heavy atom. The summed E-state index contributed by atoms with van der Waals surface area (Å²) in [5, 5.41) is 16.4. The van der Waals surface area contributed by atoms with E-state index in [2.05, 4.69) is 58.7 Å². The van der Waals surface area contributed by atoms with E-state index < -0.39 is 0 Å². The normalized spacial score (nSPS) is 15.0. The highest BCUT2D eigenvalue weighted by Gasteiger charge is 2.21. The predicted octanol–water partition coefficient (Wildman–Crippen LogP) is 4.10. The highest BCUT2D eigenvalue weighted by molar-refractivity contribution is 5.94. The first kappa shape index (κ1) is 22.6. The summed E-state index contributed by atoms with van der Waals surface area (Å²) in [5.74, 6) is 0.687. The van der Waals surface area contributed by atoms with Gasteiger partial charge in [-0.25, -0.2) is 4.98 Å². The van der Waals surface area contributed by atoms with Crippen LogP contribution in [0, 0.1) is 6.92 Å². The van der Waals surface area contributed by atoms with Crippen LogP contribution in [0.5, 0.6) is 0 Å². The average Bonchev–Trinajstić information content (AvgIpc) is 3.45. The van der Waals surface area contributed by atoms with Gasteiger partial charge in [0.15, 0.2) is 0 Å². The Kier molecular flexibility index (Phi) is 6.15. The van der Waals surface area contributed by atoms with Gasteiger partial charge in [-0.1, -0.05) is 19.9 Å². The number of piperidine rings is 1. The van der Waals surface area contributed by atoms with E-state index in [1.807, 2.05) is 17.5 Å². The molecular formula is C27H33N5O2. The van der Waals surface area contributed by atoms with Gasteiger partial charge in [-0.05, 0) is 79.6 Å². The third kappa shape index (κ3) is 4.10. The molecule has 0 atom stereocenters. The number of fused-ring (bicyclic) bond motifs is 2. The third-order valence-electron chi connectivity index (χ3n) is 6.90. The van der Waals surface area contributed by atoms with Crippen molar-refractivity contribution in [2.45, 2.75) is 45.4 Å². The van der Waals surface area contributed by atoms with Crippen LogP contribution in [0.2, 0.25) is 0 Å². The monoisotopic (exact) mass is 459 g/mol. The summed E-state index contributed by atoms with van der Waals surface area (Å²) in [6, 6.07) is 9.05. The number of aryl methyl sites for hydroxylation is 1. The topological polar surface area (TPSA) is 94.5 Å². The third-order valence-corrected chi connectivity index (χ3v) is 6.90. The molecule has 1 aliphatic heterocycles. The predicted molar refractivity (Wildman–Crippen MR) is 136 cm³/mol. The standard InChI is InChI=1S/C27H33N5O2/c1-16(2)24-21-13-19(18-6-8-28-9-7-18)4-5-22(21)30-25(24)20-12-17(3)26-31-23(15-32(26)14-20)27(34)29-10-11-33/h4-5,12-16,18,28,30,33H,6-11H2,1-3H3,(H,29,34). The van der Waals surface area contributed by atoms with E-state index in [0.717, 1.165) is 41.1 Å². The number of nitrogens with one attached hydrogen (secondary N) is 3. The van der Waals surface area contributed by atoms with Crippen molar-refractivity contribution < 1.29 is 9.90 Å². The van der Waals surface area contributed by atoms with Crippen LogP contribution in [-0.4, -0.2) is 51.6 Å². The number of carbonyl (C=O) groups is 1. The summed E-state index contributed by atoms with van der Waals surface area (Å²) in [5.41, 5.74) is 8.22. The van der Waals surface area contributed by atoms with Gasteiger partial charge in [0.1, 0.15) is 11.3 Å². The summed E-state index contributed by atoms with van der Waals surface area (Å²) in [7, 11) is 0. The number of aliphatic hydroxyl groups is 1. The van der Waals surface area contributed by atoms with E-state index >= 15 is 0 Å². The molecule has 0 aliphatic carbocycles. The lowest BCUT2D eigenvalue weighted by atomic mass is 9.88. The van der Waals surface area contributed by atoms with Crippen molar-refractivity contribution in [2.75, 3.05) is 26.2 Å². The quantitative estimate of drug-likeness (QED) is 0.349. The number of benzene rings is 1. The molecule has 1 aliphatic rings. The van der Waals surface area contributed by atoms with Gasteiger partial charge < -0.3 is 25.1 Å². The van der Waals surface area contributed by atoms with E-state index in [-0.39, 0.29) is 19.1 Å². The van der Waals surface area contributed by atoms with Crippen LogP contribution in [0.1, 0.15) is 65.7 Å². The molecule has 3 aromatic heterocycles. The molecule has 4 heterocycles. The molecule has 1 amide bonds. The van der Waals surface area contributed by atoms with Gasteiger partial charge in [0, 0.05) is 35.4 Å². The lowest BCUT2D eigenvalue weighted by molar-refractivity contribution is 0.0940. The number of hydrogen-bond donors (Lipinski definition) is 4. The number of hydrogen-bond acceptors (Lipinski definition) is 4. The van der Waals surface area contributed by atoms with Crippen molar-refractivity contribution in [1.29, 1.82) is 0 Å². The van der Waals surface area contributed by atoms with Crippen LogP contribution >= 0.6 is 0 Å². The number of aromatic amines is 1. The number of aliphatic hydroxyl groups excluding tert-OH is 1. The molecule has 1 aromatic carbocycles. The zero-order valence-corrected chi connectivity index (χ0v) is 20.1. The van der Waals surface area contributed by atoms with Gasteiger partial charge in [0.25, 0.3) is 5.91 Å². The molecule has 0 bridgehead atoms. The number of imidazole rings is 1. The minimum Gasteiger partial charge on any atom is -0.395 e. The van der Waals surface area contributed by atoms with E-state index in [1.165, 1.54) is 29.4 Å². The molecule has 7 nitrogen and oxygen atoms in total. The maximum Gasteiger partial charge on any atom is 0.271 e. The van der Waals surface area contributed by atoms with Crippen molar-refractivity contribution in [3.8, 4) is 11.3 Å². The lowest BCUT2D eigenvalue weighted by Gasteiger charge is -2.23. The van der Waals surface area contributed by atoms with Gasteiger partial charge in [-0.2, -0.15) is 0 Å². The molecular weight excluding hydrogens is 426 g/mol. The van der Waals surface area contributed by atoms with Gasteiger partial charge in [0.2, 0.25) is 0 Å². The summed E-state index contributed by atoms with van der Waals surface area (Å²) < 4.78 is 1.93. The Hall–Kier alpha value is -3.16. The molecule has 7 heteroatoms. The summed E-state index contributed by atoms with van der Waals surface area (Å²) in [6.07, 6.45) is 6.17. The van der Waals surface area contributed by atoms with Crippen LogP contribution in [-0.2, 0) is 0 Å². The second kappa shape index (κ2) is 9.24. The number of amides is 1. The number of H-pyrrole nitrogens is 1. The average molecular weight is 460 g/mol. The van der Waals surface area contributed by atoms with Crippen LogP contribution in [0.4, 0.5) is 0 Å². The van der Waals surface area contributed by atoms with Crippen molar-refractivity contribution in [3.63, 3.8) is 0 Å². The number of rotatable bonds is 6. The first-order valence-corrected chi connectivity index (χ1v) is 12.2. The van der Waals surface area contributed by atoms with Crippen molar-refractivity contribution in [2.24, 2.45) is 0 Å². The molecule has 4 aromatic rings. The molecule has 1 fully saturated rings. The Labute approximate surface area is 199 Å². The van der Waals surface area contributed by atoms with E-state index in [4.69, 9.17) is 5.11 Å². The molecule has 0 radical (unpaired) electrons. The largest absolute Gasteiger partial charge is 0.395 e. The maximum absolute atomic E-state index is 12.4. The van der Waals surface area contributed by atoms with Crippen LogP contribution in [0.3, 0.4) is 0 Å². The first-order valence-electron chi connectivity index (χ1n) is 12.2. The molecule has 1 saturated heterocycles. The first-order chi connectivity index (χ1) is 16.5. The lowest BCUT2D eigenvalue weighted by Crippen LogP contribution is -2.26. The maximum atomic E-state index is 12.4. The fraction of sp³-hybridized carbons (Fsp3) is 0.407. The molecule has 0 spiro atoms. The Balaban J connectivity index is 1.59. The van der Waals surface area contributed by atoms with Gasteiger partial charge in [0.05, 0.1) is 12.3 Å². The fourth-order valence-corrected chi connectivity index (χ4v) is 5.24. The zero-order valence-electron chi connectivity index (χ0n) is 20.1. The highest BCUT2D eigenvalue weighted by atomic mass is 16.3. The SMILES string of the molecule is Cc1cc(-c2[nH]c3ccc(C4CCNCC4)cc3c2C(C)C)cn2cc(C(=O)NCCO)nc12. The van der Waals surface area contributed by atoms with Crippen LogP contribution in [0.15, 0.2) is 36.7 Å². The van der Waals surface area contributed by atoms with Crippen molar-refractivity contribution in [3.05, 3.63) is 59.0 Å². The minimum absolute atomic E-state index is 0.0972. The number of pyridine rings is 1. The zero-order chi connectivity index (χ0) is 23.8. The van der Waals surface area contributed by atoms with Gasteiger partial charge >= 0.3 is 0 Å². The molecule has 34 heavy (non-hydrogen) atoms. The van der Waals surface area contributed by atoms with E-state index in [0.29, 0.717) is 17.5 Å². The van der Waals surface area contributed by atoms with Crippen molar-refractivity contribution >= 4 is 22.5 Å². The molecule has 4 N–H and O–H groups in total. The second-order valence-corrected chi connectivity index (χ2v) is 9.65.